The topological polar surface area (TPSA) is 114 Å². The van der Waals surface area contributed by atoms with E-state index in [1.807, 2.05) is 4.90 Å². The molecule has 0 aliphatic carbocycles. The molecule has 202 valence electrons. The van der Waals surface area contributed by atoms with Crippen LogP contribution in [0.15, 0.2) is 30.5 Å². The van der Waals surface area contributed by atoms with Crippen LogP contribution in [0.2, 0.25) is 0 Å². The van der Waals surface area contributed by atoms with Gasteiger partial charge in [0, 0.05) is 51.9 Å². The Hall–Kier alpha value is -3.13. The second-order valence-corrected chi connectivity index (χ2v) is 11.5. The van der Waals surface area contributed by atoms with E-state index in [-0.39, 0.29) is 54.4 Å². The monoisotopic (exact) mass is 543 g/mol. The Morgan fingerprint density at radius 3 is 2.41 bits per heavy atom. The normalized spacial score (nSPS) is 19.0. The van der Waals surface area contributed by atoms with Gasteiger partial charge in [-0.3, -0.25) is 9.69 Å². The average Bonchev–Trinajstić information content (AvgIpc) is 3.27. The summed E-state index contributed by atoms with van der Waals surface area (Å²) in [6, 6.07) is 4.74. The van der Waals surface area contributed by atoms with Crippen molar-refractivity contribution >= 4 is 27.6 Å². The molecule has 2 aliphatic rings. The number of carbonyl (C=O) groups is 2. The molecule has 0 bridgehead atoms. The van der Waals surface area contributed by atoms with Gasteiger partial charge in [0.25, 0.3) is 0 Å². The maximum Gasteiger partial charge on any atom is 0.416 e. The molecule has 1 aromatic carbocycles. The van der Waals surface area contributed by atoms with Crippen molar-refractivity contribution in [3.63, 3.8) is 0 Å². The number of rotatable bonds is 5. The van der Waals surface area contributed by atoms with Crippen molar-refractivity contribution in [2.75, 3.05) is 43.0 Å². The Bertz CT molecular complexity index is 1240. The average molecular weight is 544 g/mol. The summed E-state index contributed by atoms with van der Waals surface area (Å²) < 4.78 is 70.8. The van der Waals surface area contributed by atoms with Crippen molar-refractivity contribution in [3.05, 3.63) is 41.6 Å². The molecule has 2 amide bonds. The molecular weight excluding hydrogens is 515 g/mol. The van der Waals surface area contributed by atoms with E-state index in [2.05, 4.69) is 10.4 Å². The third kappa shape index (κ3) is 7.22. The quantitative estimate of drug-likeness (QED) is 0.617. The van der Waals surface area contributed by atoms with Crippen molar-refractivity contribution < 1.29 is 35.9 Å². The Morgan fingerprint density at radius 1 is 1.11 bits per heavy atom. The number of anilines is 1. The molecule has 0 saturated carbocycles. The molecule has 10 nitrogen and oxygen atoms in total. The van der Waals surface area contributed by atoms with E-state index in [1.54, 1.807) is 11.0 Å². The summed E-state index contributed by atoms with van der Waals surface area (Å²) in [5.41, 5.74) is -0.411. The number of sulfone groups is 1. The fraction of sp³-hybridized carbons (Fsp3) is 0.522. The van der Waals surface area contributed by atoms with Crippen molar-refractivity contribution in [1.82, 2.24) is 19.6 Å². The first kappa shape index (κ1) is 26.9. The molecule has 0 radical (unpaired) electrons. The van der Waals surface area contributed by atoms with E-state index >= 15 is 0 Å². The molecular formula is C23H28F3N5O5S. The van der Waals surface area contributed by atoms with Crippen LogP contribution in [0.5, 0.6) is 5.75 Å². The van der Waals surface area contributed by atoms with Crippen LogP contribution in [0.3, 0.4) is 0 Å². The number of piperazine rings is 1. The van der Waals surface area contributed by atoms with Gasteiger partial charge in [0.05, 0.1) is 17.1 Å². The molecule has 1 aromatic heterocycles. The third-order valence-electron chi connectivity index (χ3n) is 6.24. The molecule has 3 heterocycles. The van der Waals surface area contributed by atoms with E-state index in [4.69, 9.17) is 4.74 Å². The molecule has 37 heavy (non-hydrogen) atoms. The summed E-state index contributed by atoms with van der Waals surface area (Å²) >= 11 is 0. The number of hydrogen-bond acceptors (Lipinski definition) is 7. The number of nitrogens with zero attached hydrogens (tertiary/aromatic N) is 4. The maximum atomic E-state index is 13.6. The smallest absolute Gasteiger partial charge is 0.416 e. The zero-order chi connectivity index (χ0) is 26.8. The molecule has 14 heteroatoms. The molecule has 2 aliphatic heterocycles. The predicted molar refractivity (Wildman–Crippen MR) is 128 cm³/mol. The molecule has 2 aromatic rings. The van der Waals surface area contributed by atoms with E-state index < -0.39 is 27.7 Å². The molecule has 0 atom stereocenters. The fourth-order valence-corrected chi connectivity index (χ4v) is 5.79. The zero-order valence-electron chi connectivity index (χ0n) is 20.2. The van der Waals surface area contributed by atoms with Crippen LogP contribution >= 0.6 is 0 Å². The predicted octanol–water partition coefficient (Wildman–Crippen LogP) is 2.60. The Balaban J connectivity index is 1.38. The van der Waals surface area contributed by atoms with Crippen LogP contribution in [0.25, 0.3) is 0 Å². The maximum absolute atomic E-state index is 13.6. The number of carbonyl (C=O) groups excluding carboxylic acids is 2. The highest BCUT2D eigenvalue weighted by atomic mass is 32.2. The summed E-state index contributed by atoms with van der Waals surface area (Å²) in [7, 11) is -3.12. The van der Waals surface area contributed by atoms with Gasteiger partial charge in [-0.15, -0.1) is 5.10 Å². The number of amides is 2. The number of aromatic nitrogens is 2. The standard InChI is InChI=1S/C23H28F3N5O5S/c1-16(32)27-21-2-5-31(28-21)22(33)30-8-6-29(7-9-30)15-17-12-18(23(24,25)26)14-20(13-17)36-19-3-10-37(34,35)11-4-19/h2,5,12-14,19H,3-4,6-11,15H2,1H3,(H,27,28,32). The van der Waals surface area contributed by atoms with E-state index in [9.17, 15) is 31.2 Å². The van der Waals surface area contributed by atoms with Gasteiger partial charge < -0.3 is 15.0 Å². The second-order valence-electron chi connectivity index (χ2n) is 9.20. The van der Waals surface area contributed by atoms with Crippen molar-refractivity contribution in [3.8, 4) is 5.75 Å². The van der Waals surface area contributed by atoms with Gasteiger partial charge in [-0.1, -0.05) is 0 Å². The van der Waals surface area contributed by atoms with Crippen molar-refractivity contribution in [2.45, 2.75) is 38.6 Å². The summed E-state index contributed by atoms with van der Waals surface area (Å²) in [5, 5.41) is 6.54. The van der Waals surface area contributed by atoms with Crippen molar-refractivity contribution in [1.29, 1.82) is 0 Å². The first-order valence-corrected chi connectivity index (χ1v) is 13.6. The number of nitrogens with one attached hydrogen (secondary N) is 1. The lowest BCUT2D eigenvalue weighted by molar-refractivity contribution is -0.137. The number of hydrogen-bond donors (Lipinski definition) is 1. The van der Waals surface area contributed by atoms with Crippen LogP contribution in [0.4, 0.5) is 23.8 Å². The van der Waals surface area contributed by atoms with Crippen LogP contribution in [0, 0.1) is 0 Å². The molecule has 1 N–H and O–H groups in total. The lowest BCUT2D eigenvalue weighted by Gasteiger charge is -2.34. The number of halogens is 3. The van der Waals surface area contributed by atoms with Gasteiger partial charge in [0.2, 0.25) is 5.91 Å². The van der Waals surface area contributed by atoms with Gasteiger partial charge in [-0.05, 0) is 36.6 Å². The van der Waals surface area contributed by atoms with Gasteiger partial charge in [0.15, 0.2) is 15.7 Å². The minimum atomic E-state index is -4.56. The minimum absolute atomic E-state index is 0.0421. The second kappa shape index (κ2) is 10.7. The van der Waals surface area contributed by atoms with Gasteiger partial charge >= 0.3 is 12.2 Å². The van der Waals surface area contributed by atoms with Gasteiger partial charge in [-0.25, -0.2) is 13.2 Å². The number of ether oxygens (including phenoxy) is 1. The highest BCUT2D eigenvalue weighted by molar-refractivity contribution is 7.91. The van der Waals surface area contributed by atoms with Crippen LogP contribution in [0.1, 0.15) is 30.9 Å². The SMILES string of the molecule is CC(=O)Nc1ccn(C(=O)N2CCN(Cc3cc(OC4CCS(=O)(=O)CC4)cc(C(F)(F)F)c3)CC2)n1. The Labute approximate surface area is 212 Å². The van der Waals surface area contributed by atoms with Crippen LogP contribution < -0.4 is 10.1 Å². The minimum Gasteiger partial charge on any atom is -0.490 e. The molecule has 0 spiro atoms. The molecule has 4 rings (SSSR count). The number of benzene rings is 1. The van der Waals surface area contributed by atoms with E-state index in [0.717, 1.165) is 16.8 Å². The molecule has 2 fully saturated rings. The highest BCUT2D eigenvalue weighted by Crippen LogP contribution is 2.34. The first-order valence-electron chi connectivity index (χ1n) is 11.8. The highest BCUT2D eigenvalue weighted by Gasteiger charge is 2.33. The first-order chi connectivity index (χ1) is 17.4. The summed E-state index contributed by atoms with van der Waals surface area (Å²) in [6.45, 7) is 3.16. The van der Waals surface area contributed by atoms with E-state index in [0.29, 0.717) is 31.7 Å². The van der Waals surface area contributed by atoms with Gasteiger partial charge in [-0.2, -0.15) is 17.9 Å². The van der Waals surface area contributed by atoms with E-state index in [1.165, 1.54) is 19.2 Å². The number of alkyl halides is 3. The fourth-order valence-electron chi connectivity index (χ4n) is 4.34. The lowest BCUT2D eigenvalue weighted by atomic mass is 10.1. The summed E-state index contributed by atoms with van der Waals surface area (Å²) in [6.07, 6.45) is -3.08. The van der Waals surface area contributed by atoms with Gasteiger partial charge in [0.1, 0.15) is 11.9 Å². The Morgan fingerprint density at radius 2 is 1.78 bits per heavy atom. The molecule has 2 saturated heterocycles. The molecule has 0 unspecified atom stereocenters. The third-order valence-corrected chi connectivity index (χ3v) is 7.95. The van der Waals surface area contributed by atoms with Crippen LogP contribution in [-0.4, -0.2) is 83.7 Å². The van der Waals surface area contributed by atoms with Crippen molar-refractivity contribution in [2.24, 2.45) is 0 Å². The summed E-state index contributed by atoms with van der Waals surface area (Å²) in [4.78, 5) is 27.4. The largest absolute Gasteiger partial charge is 0.490 e. The van der Waals surface area contributed by atoms with Crippen LogP contribution in [-0.2, 0) is 27.4 Å². The summed E-state index contributed by atoms with van der Waals surface area (Å²) in [5.74, 6) is -0.0614. The lowest BCUT2D eigenvalue weighted by Crippen LogP contribution is -2.49. The zero-order valence-corrected chi connectivity index (χ0v) is 21.0. The Kier molecular flexibility index (Phi) is 7.78.